The van der Waals surface area contributed by atoms with E-state index in [-0.39, 0.29) is 18.0 Å². The lowest BCUT2D eigenvalue weighted by atomic mass is 10.2. The highest BCUT2D eigenvalue weighted by molar-refractivity contribution is 5.77. The number of ether oxygens (including phenoxy) is 1. The Kier molecular flexibility index (Phi) is 5.67. The summed E-state index contributed by atoms with van der Waals surface area (Å²) in [5.41, 5.74) is -0.580. The van der Waals surface area contributed by atoms with Gasteiger partial charge in [0.15, 0.2) is 12.3 Å². The molecule has 1 aromatic carbocycles. The standard InChI is InChI=1S/C18H17F3N4O3/c19-18(20,21)13-5-3-6-14(11-13)28-12-16(26)22-8-4-10-25-17(27)24-9-2-1-7-15(24)23-25/h1-3,5-7,9,11H,4,8,10,12H2,(H,22,26). The van der Waals surface area contributed by atoms with E-state index in [9.17, 15) is 22.8 Å². The van der Waals surface area contributed by atoms with Crippen molar-refractivity contribution in [2.75, 3.05) is 13.2 Å². The third kappa shape index (κ3) is 4.70. The molecule has 0 aliphatic heterocycles. The van der Waals surface area contributed by atoms with Crippen LogP contribution in [0.15, 0.2) is 53.5 Å². The number of nitrogens with zero attached hydrogens (tertiary/aromatic N) is 3. The van der Waals surface area contributed by atoms with Crippen molar-refractivity contribution < 1.29 is 22.7 Å². The van der Waals surface area contributed by atoms with Crippen molar-refractivity contribution in [1.82, 2.24) is 19.5 Å². The van der Waals surface area contributed by atoms with Crippen LogP contribution < -0.4 is 15.7 Å². The van der Waals surface area contributed by atoms with Gasteiger partial charge in [-0.1, -0.05) is 12.1 Å². The molecule has 0 fully saturated rings. The van der Waals surface area contributed by atoms with Gasteiger partial charge < -0.3 is 10.1 Å². The monoisotopic (exact) mass is 394 g/mol. The van der Waals surface area contributed by atoms with Crippen LogP contribution in [0.3, 0.4) is 0 Å². The summed E-state index contributed by atoms with van der Waals surface area (Å²) in [6.45, 7) is 0.177. The number of fused-ring (bicyclic) bond motifs is 1. The van der Waals surface area contributed by atoms with Gasteiger partial charge in [0.1, 0.15) is 5.75 Å². The second-order valence-corrected chi connectivity index (χ2v) is 5.95. The lowest BCUT2D eigenvalue weighted by molar-refractivity contribution is -0.137. The maximum Gasteiger partial charge on any atom is 0.416 e. The Bertz CT molecular complexity index is 1030. The Labute approximate surface area is 157 Å². The van der Waals surface area contributed by atoms with Crippen molar-refractivity contribution in [1.29, 1.82) is 0 Å². The van der Waals surface area contributed by atoms with Gasteiger partial charge in [-0.05, 0) is 36.8 Å². The molecule has 0 bridgehead atoms. The van der Waals surface area contributed by atoms with Crippen LogP contribution in [-0.2, 0) is 17.5 Å². The molecule has 0 unspecified atom stereocenters. The fraction of sp³-hybridized carbons (Fsp3) is 0.278. The second kappa shape index (κ2) is 8.15. The van der Waals surface area contributed by atoms with Gasteiger partial charge in [0.25, 0.3) is 5.91 Å². The van der Waals surface area contributed by atoms with Crippen LogP contribution >= 0.6 is 0 Å². The number of amides is 1. The largest absolute Gasteiger partial charge is 0.484 e. The third-order valence-electron chi connectivity index (χ3n) is 3.89. The normalized spacial score (nSPS) is 11.5. The summed E-state index contributed by atoms with van der Waals surface area (Å²) < 4.78 is 45.7. The lowest BCUT2D eigenvalue weighted by Gasteiger charge is -2.10. The number of carbonyl (C=O) groups excluding carboxylic acids is 1. The average molecular weight is 394 g/mol. The second-order valence-electron chi connectivity index (χ2n) is 5.95. The first-order valence-electron chi connectivity index (χ1n) is 8.45. The van der Waals surface area contributed by atoms with Crippen molar-refractivity contribution in [3.05, 3.63) is 64.7 Å². The molecule has 0 aliphatic rings. The fourth-order valence-electron chi connectivity index (χ4n) is 2.53. The van der Waals surface area contributed by atoms with Gasteiger partial charge in [0.05, 0.1) is 5.56 Å². The first kappa shape index (κ1) is 19.5. The van der Waals surface area contributed by atoms with Crippen molar-refractivity contribution in [3.8, 4) is 5.75 Å². The molecule has 7 nitrogen and oxygen atoms in total. The van der Waals surface area contributed by atoms with Gasteiger partial charge in [0.2, 0.25) is 0 Å². The molecule has 0 spiro atoms. The van der Waals surface area contributed by atoms with Crippen molar-refractivity contribution in [2.24, 2.45) is 0 Å². The Morgan fingerprint density at radius 2 is 2.00 bits per heavy atom. The molecule has 10 heteroatoms. The Morgan fingerprint density at radius 1 is 1.18 bits per heavy atom. The third-order valence-corrected chi connectivity index (χ3v) is 3.89. The van der Waals surface area contributed by atoms with E-state index >= 15 is 0 Å². The average Bonchev–Trinajstić information content (AvgIpc) is 2.99. The zero-order valence-corrected chi connectivity index (χ0v) is 14.6. The molecule has 2 heterocycles. The molecular formula is C18H17F3N4O3. The lowest BCUT2D eigenvalue weighted by Crippen LogP contribution is -2.31. The van der Waals surface area contributed by atoms with Crippen molar-refractivity contribution in [3.63, 3.8) is 0 Å². The minimum Gasteiger partial charge on any atom is -0.484 e. The van der Waals surface area contributed by atoms with Crippen molar-refractivity contribution in [2.45, 2.75) is 19.1 Å². The minimum atomic E-state index is -4.47. The van der Waals surface area contributed by atoms with Crippen LogP contribution in [0.25, 0.3) is 5.65 Å². The maximum absolute atomic E-state index is 12.6. The van der Waals surface area contributed by atoms with E-state index in [1.807, 2.05) is 0 Å². The highest BCUT2D eigenvalue weighted by Crippen LogP contribution is 2.31. The summed E-state index contributed by atoms with van der Waals surface area (Å²) in [7, 11) is 0. The quantitative estimate of drug-likeness (QED) is 0.623. The Balaban J connectivity index is 1.43. The molecule has 0 saturated carbocycles. The predicted molar refractivity (Wildman–Crippen MR) is 94.0 cm³/mol. The van der Waals surface area contributed by atoms with E-state index in [0.29, 0.717) is 18.6 Å². The van der Waals surface area contributed by atoms with Crippen molar-refractivity contribution >= 4 is 11.6 Å². The summed E-state index contributed by atoms with van der Waals surface area (Å²) in [4.78, 5) is 23.9. The number of benzene rings is 1. The molecule has 0 saturated heterocycles. The Hall–Kier alpha value is -3.30. The highest BCUT2D eigenvalue weighted by atomic mass is 19.4. The molecule has 3 rings (SSSR count). The molecule has 0 atom stereocenters. The topological polar surface area (TPSA) is 77.6 Å². The minimum absolute atomic E-state index is 0.0405. The summed E-state index contributed by atoms with van der Waals surface area (Å²) in [5, 5.41) is 6.76. The van der Waals surface area contributed by atoms with Gasteiger partial charge in [-0.15, -0.1) is 5.10 Å². The number of carbonyl (C=O) groups is 1. The number of pyridine rings is 1. The van der Waals surface area contributed by atoms with Crippen LogP contribution in [0.4, 0.5) is 13.2 Å². The first-order chi connectivity index (χ1) is 13.3. The molecule has 1 amide bonds. The zero-order valence-electron chi connectivity index (χ0n) is 14.6. The molecule has 3 aromatic rings. The van der Waals surface area contributed by atoms with Gasteiger partial charge >= 0.3 is 11.9 Å². The predicted octanol–water partition coefficient (Wildman–Crippen LogP) is 2.10. The number of hydrogen-bond acceptors (Lipinski definition) is 4. The molecule has 0 radical (unpaired) electrons. The summed E-state index contributed by atoms with van der Waals surface area (Å²) >= 11 is 0. The van der Waals surface area contributed by atoms with E-state index in [2.05, 4.69) is 10.4 Å². The molecule has 1 N–H and O–H groups in total. The van der Waals surface area contributed by atoms with Crippen LogP contribution in [0.1, 0.15) is 12.0 Å². The number of aromatic nitrogens is 3. The maximum atomic E-state index is 12.6. The number of nitrogens with one attached hydrogen (secondary N) is 1. The van der Waals surface area contributed by atoms with E-state index in [1.54, 1.807) is 24.4 Å². The van der Waals surface area contributed by atoms with Gasteiger partial charge in [0, 0.05) is 19.3 Å². The SMILES string of the molecule is O=C(COc1cccc(C(F)(F)F)c1)NCCCn1nc2ccccn2c1=O. The number of halogens is 3. The summed E-state index contributed by atoms with van der Waals surface area (Å²) in [6, 6.07) is 9.53. The zero-order chi connectivity index (χ0) is 20.1. The van der Waals surface area contributed by atoms with Crippen LogP contribution in [0.5, 0.6) is 5.75 Å². The van der Waals surface area contributed by atoms with E-state index < -0.39 is 24.3 Å². The van der Waals surface area contributed by atoms with E-state index in [4.69, 9.17) is 4.74 Å². The molecule has 0 aliphatic carbocycles. The summed E-state index contributed by atoms with van der Waals surface area (Å²) in [6.07, 6.45) is -2.40. The van der Waals surface area contributed by atoms with Crippen LogP contribution in [-0.4, -0.2) is 33.2 Å². The molecule has 2 aromatic heterocycles. The van der Waals surface area contributed by atoms with Gasteiger partial charge in [-0.2, -0.15) is 13.2 Å². The highest BCUT2D eigenvalue weighted by Gasteiger charge is 2.30. The van der Waals surface area contributed by atoms with Gasteiger partial charge in [-0.3, -0.25) is 9.20 Å². The number of rotatable bonds is 7. The number of hydrogen-bond donors (Lipinski definition) is 1. The first-order valence-corrected chi connectivity index (χ1v) is 8.45. The smallest absolute Gasteiger partial charge is 0.416 e. The number of aryl methyl sites for hydroxylation is 1. The number of alkyl halides is 3. The molecule has 28 heavy (non-hydrogen) atoms. The molecular weight excluding hydrogens is 377 g/mol. The summed E-state index contributed by atoms with van der Waals surface area (Å²) in [5.74, 6) is -0.513. The van der Waals surface area contributed by atoms with E-state index in [0.717, 1.165) is 12.1 Å². The molecule has 148 valence electrons. The van der Waals surface area contributed by atoms with Gasteiger partial charge in [-0.25, -0.2) is 9.48 Å². The van der Waals surface area contributed by atoms with E-state index in [1.165, 1.54) is 21.2 Å². The fourth-order valence-corrected chi connectivity index (χ4v) is 2.53. The van der Waals surface area contributed by atoms with Crippen LogP contribution in [0, 0.1) is 0 Å². The Morgan fingerprint density at radius 3 is 2.75 bits per heavy atom. The van der Waals surface area contributed by atoms with Crippen LogP contribution in [0.2, 0.25) is 0 Å².